The number of hydrogen-bond acceptors (Lipinski definition) is 5. The largest absolute Gasteiger partial charge is 0.491 e. The fraction of sp³-hybridized carbons (Fsp3) is 0.621. The van der Waals surface area contributed by atoms with E-state index in [-0.39, 0.29) is 0 Å². The van der Waals surface area contributed by atoms with Gasteiger partial charge in [0.2, 0.25) is 0 Å². The van der Waals surface area contributed by atoms with Gasteiger partial charge < -0.3 is 24.3 Å². The Morgan fingerprint density at radius 1 is 1.14 bits per heavy atom. The quantitative estimate of drug-likeness (QED) is 0.248. The van der Waals surface area contributed by atoms with Crippen molar-refractivity contribution >= 4 is 22.8 Å². The molecule has 202 valence electrons. The molecule has 0 saturated heterocycles. The van der Waals surface area contributed by atoms with Crippen molar-refractivity contribution in [3.8, 4) is 17.6 Å². The van der Waals surface area contributed by atoms with E-state index < -0.39 is 24.0 Å². The Morgan fingerprint density at radius 3 is 2.51 bits per heavy atom. The maximum atomic E-state index is 12.3. The molecule has 0 fully saturated rings. The van der Waals surface area contributed by atoms with Crippen LogP contribution in [0, 0.1) is 11.3 Å². The molecule has 1 aromatic carbocycles. The molecule has 2 aromatic rings. The van der Waals surface area contributed by atoms with Crippen LogP contribution in [0.4, 0.5) is 0 Å². The van der Waals surface area contributed by atoms with Gasteiger partial charge in [-0.25, -0.2) is 4.79 Å². The second-order valence-corrected chi connectivity index (χ2v) is 9.84. The highest BCUT2D eigenvalue weighted by Crippen LogP contribution is 2.44. The van der Waals surface area contributed by atoms with Crippen LogP contribution in [0.25, 0.3) is 10.9 Å². The molecule has 0 amide bonds. The third-order valence-corrected chi connectivity index (χ3v) is 7.10. The van der Waals surface area contributed by atoms with Crippen molar-refractivity contribution in [1.29, 1.82) is 5.26 Å². The number of carboxylic acids is 2. The summed E-state index contributed by atoms with van der Waals surface area (Å²) in [5.41, 5.74) is 2.75. The summed E-state index contributed by atoms with van der Waals surface area (Å²) >= 11 is 0. The molecular weight excluding hydrogens is 472 g/mol. The Morgan fingerprint density at radius 2 is 1.86 bits per heavy atom. The van der Waals surface area contributed by atoms with Gasteiger partial charge >= 0.3 is 11.9 Å². The van der Waals surface area contributed by atoms with Gasteiger partial charge in [-0.1, -0.05) is 39.5 Å². The van der Waals surface area contributed by atoms with E-state index in [4.69, 9.17) is 14.7 Å². The molecule has 37 heavy (non-hydrogen) atoms. The van der Waals surface area contributed by atoms with Crippen LogP contribution in [0.1, 0.15) is 102 Å². The standard InChI is InChI=1S/C29H40N2O6/c1-3-17-36-25-19-20(37-24(4-2)29(34)35)18-22-26-21(28(32)33)13-12-14-23(26)31(27(22)25)16-11-9-7-5-6-8-10-15-30/h18-19,21,24H,3-14,16-17H2,1-2H3,(H,32,33)(H,34,35). The van der Waals surface area contributed by atoms with Crippen LogP contribution in [0.3, 0.4) is 0 Å². The van der Waals surface area contributed by atoms with Gasteiger partial charge in [0, 0.05) is 30.1 Å². The Balaban J connectivity index is 2.00. The molecular formula is C29H40N2O6. The SMILES string of the molecule is CCCOc1cc(OC(CC)C(=O)O)cc2c3c(n(CCCCCCCCC#N)c12)CCCC3C(=O)O. The maximum absolute atomic E-state index is 12.3. The summed E-state index contributed by atoms with van der Waals surface area (Å²) < 4.78 is 14.3. The minimum atomic E-state index is -1.03. The first-order valence-electron chi connectivity index (χ1n) is 13.7. The van der Waals surface area contributed by atoms with Crippen LogP contribution >= 0.6 is 0 Å². The lowest BCUT2D eigenvalue weighted by Crippen LogP contribution is -2.25. The monoisotopic (exact) mass is 512 g/mol. The predicted octanol–water partition coefficient (Wildman–Crippen LogP) is 6.43. The Labute approximate surface area is 219 Å². The van der Waals surface area contributed by atoms with E-state index in [1.807, 2.05) is 13.0 Å². The van der Waals surface area contributed by atoms with Crippen molar-refractivity contribution in [2.75, 3.05) is 6.61 Å². The van der Waals surface area contributed by atoms with Crippen LogP contribution in [0.2, 0.25) is 0 Å². The number of hydrogen-bond donors (Lipinski definition) is 2. The van der Waals surface area contributed by atoms with Gasteiger partial charge in [0.25, 0.3) is 0 Å². The molecule has 1 aliphatic rings. The molecule has 0 radical (unpaired) electrons. The van der Waals surface area contributed by atoms with Gasteiger partial charge in [0.1, 0.15) is 11.5 Å². The molecule has 0 bridgehead atoms. The highest BCUT2D eigenvalue weighted by Gasteiger charge is 2.33. The lowest BCUT2D eigenvalue weighted by molar-refractivity contribution is -0.145. The molecule has 2 atom stereocenters. The third kappa shape index (κ3) is 6.97. The number of nitrogens with zero attached hydrogens (tertiary/aromatic N) is 2. The highest BCUT2D eigenvalue weighted by atomic mass is 16.5. The van der Waals surface area contributed by atoms with E-state index in [0.717, 1.165) is 86.5 Å². The predicted molar refractivity (Wildman–Crippen MR) is 141 cm³/mol. The highest BCUT2D eigenvalue weighted by molar-refractivity contribution is 5.96. The smallest absolute Gasteiger partial charge is 0.344 e. The Bertz CT molecular complexity index is 1120. The van der Waals surface area contributed by atoms with Crippen molar-refractivity contribution in [3.05, 3.63) is 23.4 Å². The van der Waals surface area contributed by atoms with E-state index in [2.05, 4.69) is 10.6 Å². The number of fused-ring (bicyclic) bond motifs is 3. The van der Waals surface area contributed by atoms with E-state index in [0.29, 0.717) is 37.4 Å². The van der Waals surface area contributed by atoms with Crippen molar-refractivity contribution in [2.45, 2.75) is 109 Å². The number of benzene rings is 1. The summed E-state index contributed by atoms with van der Waals surface area (Å²) in [5.74, 6) is -1.47. The van der Waals surface area contributed by atoms with E-state index in [1.54, 1.807) is 13.0 Å². The summed E-state index contributed by atoms with van der Waals surface area (Å²) in [7, 11) is 0. The maximum Gasteiger partial charge on any atom is 0.344 e. The minimum absolute atomic E-state index is 0.311. The van der Waals surface area contributed by atoms with Gasteiger partial charge in [0.05, 0.1) is 24.1 Å². The number of unbranched alkanes of at least 4 members (excludes halogenated alkanes) is 6. The van der Waals surface area contributed by atoms with Gasteiger partial charge in [-0.2, -0.15) is 5.26 Å². The summed E-state index contributed by atoms with van der Waals surface area (Å²) in [6.07, 6.45) is 9.21. The first-order chi connectivity index (χ1) is 17.9. The van der Waals surface area contributed by atoms with E-state index in [9.17, 15) is 19.8 Å². The summed E-state index contributed by atoms with van der Waals surface area (Å²) in [6, 6.07) is 5.76. The molecule has 0 aliphatic heterocycles. The van der Waals surface area contributed by atoms with Crippen LogP contribution < -0.4 is 9.47 Å². The molecule has 8 heteroatoms. The zero-order valence-electron chi connectivity index (χ0n) is 22.1. The molecule has 2 N–H and O–H groups in total. The minimum Gasteiger partial charge on any atom is -0.491 e. The molecule has 3 rings (SSSR count). The topological polar surface area (TPSA) is 122 Å². The van der Waals surface area contributed by atoms with E-state index >= 15 is 0 Å². The van der Waals surface area contributed by atoms with Gasteiger partial charge in [0.15, 0.2) is 6.10 Å². The first-order valence-corrected chi connectivity index (χ1v) is 13.7. The van der Waals surface area contributed by atoms with Gasteiger partial charge in [-0.3, -0.25) is 4.79 Å². The summed E-state index contributed by atoms with van der Waals surface area (Å²) in [5, 5.41) is 29.1. The molecule has 8 nitrogen and oxygen atoms in total. The zero-order valence-corrected chi connectivity index (χ0v) is 22.1. The number of aromatic nitrogens is 1. The molecule has 0 saturated carbocycles. The van der Waals surface area contributed by atoms with Crippen LogP contribution in [-0.2, 0) is 22.6 Å². The van der Waals surface area contributed by atoms with Gasteiger partial charge in [-0.05, 0) is 56.6 Å². The van der Waals surface area contributed by atoms with Crippen LogP contribution in [0.5, 0.6) is 11.5 Å². The normalized spacial score (nSPS) is 15.6. The molecule has 1 aromatic heterocycles. The van der Waals surface area contributed by atoms with Crippen molar-refractivity contribution in [1.82, 2.24) is 4.57 Å². The van der Waals surface area contributed by atoms with Crippen molar-refractivity contribution < 1.29 is 29.3 Å². The lowest BCUT2D eigenvalue weighted by Gasteiger charge is -2.21. The fourth-order valence-electron chi connectivity index (χ4n) is 5.32. The number of carboxylic acid groups (broad SMARTS) is 2. The number of ether oxygens (including phenoxy) is 2. The van der Waals surface area contributed by atoms with Crippen LogP contribution in [0.15, 0.2) is 12.1 Å². The first kappa shape index (κ1) is 28.4. The number of carbonyl (C=O) groups is 2. The number of nitriles is 1. The zero-order chi connectivity index (χ0) is 26.8. The molecule has 0 spiro atoms. The molecule has 1 heterocycles. The summed E-state index contributed by atoms with van der Waals surface area (Å²) in [4.78, 5) is 23.9. The third-order valence-electron chi connectivity index (χ3n) is 7.10. The Kier molecular flexibility index (Phi) is 10.7. The van der Waals surface area contributed by atoms with Crippen LogP contribution in [-0.4, -0.2) is 39.4 Å². The molecule has 2 unspecified atom stereocenters. The van der Waals surface area contributed by atoms with E-state index in [1.165, 1.54) is 0 Å². The summed E-state index contributed by atoms with van der Waals surface area (Å²) in [6.45, 7) is 5.05. The Hall–Kier alpha value is -3.21. The second-order valence-electron chi connectivity index (χ2n) is 9.84. The number of rotatable bonds is 16. The number of aliphatic carboxylic acids is 2. The number of aryl methyl sites for hydroxylation is 1. The van der Waals surface area contributed by atoms with Gasteiger partial charge in [-0.15, -0.1) is 0 Å². The second kappa shape index (κ2) is 13.9. The lowest BCUT2D eigenvalue weighted by atomic mass is 9.85. The molecule has 1 aliphatic carbocycles. The average Bonchev–Trinajstić information content (AvgIpc) is 3.20. The average molecular weight is 513 g/mol. The fourth-order valence-corrected chi connectivity index (χ4v) is 5.32. The van der Waals surface area contributed by atoms with Crippen molar-refractivity contribution in [3.63, 3.8) is 0 Å². The van der Waals surface area contributed by atoms with Crippen molar-refractivity contribution in [2.24, 2.45) is 0 Å².